The molecule has 1 rings (SSSR count). The summed E-state index contributed by atoms with van der Waals surface area (Å²) < 4.78 is 22.7. The van der Waals surface area contributed by atoms with Gasteiger partial charge in [-0.1, -0.05) is 31.5 Å². The molecule has 1 aromatic carbocycles. The molecule has 0 aliphatic rings. The van der Waals surface area contributed by atoms with Gasteiger partial charge in [0.05, 0.1) is 4.90 Å². The van der Waals surface area contributed by atoms with Crippen molar-refractivity contribution in [2.45, 2.75) is 37.1 Å². The first kappa shape index (κ1) is 13.2. The van der Waals surface area contributed by atoms with Crippen molar-refractivity contribution in [2.24, 2.45) is 10.9 Å². The highest BCUT2D eigenvalue weighted by atomic mass is 32.2. The number of hydrogen-bond acceptors (Lipinski definition) is 3. The first-order valence-corrected chi connectivity index (χ1v) is 6.86. The van der Waals surface area contributed by atoms with E-state index in [1.54, 1.807) is 18.2 Å². The third-order valence-electron chi connectivity index (χ3n) is 2.42. The summed E-state index contributed by atoms with van der Waals surface area (Å²) >= 11 is 0. The van der Waals surface area contributed by atoms with Gasteiger partial charge >= 0.3 is 0 Å². The monoisotopic (exact) mass is 242 g/mol. The van der Waals surface area contributed by atoms with Gasteiger partial charge in [0.2, 0.25) is 10.0 Å². The van der Waals surface area contributed by atoms with Gasteiger partial charge in [-0.15, -0.1) is 0 Å². The third-order valence-corrected chi connectivity index (χ3v) is 3.43. The lowest BCUT2D eigenvalue weighted by Crippen LogP contribution is -2.24. The maximum absolute atomic E-state index is 11.3. The van der Waals surface area contributed by atoms with E-state index < -0.39 is 10.0 Å². The van der Waals surface area contributed by atoms with E-state index >= 15 is 0 Å². The quantitative estimate of drug-likeness (QED) is 0.807. The Bertz CT molecular complexity index is 443. The summed E-state index contributed by atoms with van der Waals surface area (Å²) in [7, 11) is -3.65. The predicted octanol–water partition coefficient (Wildman–Crippen LogP) is 1.00. The zero-order valence-electron chi connectivity index (χ0n) is 9.39. The van der Waals surface area contributed by atoms with E-state index in [-0.39, 0.29) is 10.9 Å². The average molecular weight is 242 g/mol. The Hall–Kier alpha value is -0.910. The van der Waals surface area contributed by atoms with Gasteiger partial charge < -0.3 is 5.73 Å². The number of primary sulfonamides is 1. The summed E-state index contributed by atoms with van der Waals surface area (Å²) in [6.07, 6.45) is 2.40. The van der Waals surface area contributed by atoms with Crippen LogP contribution in [0.5, 0.6) is 0 Å². The molecule has 0 bridgehead atoms. The topological polar surface area (TPSA) is 86.2 Å². The van der Waals surface area contributed by atoms with E-state index in [0.717, 1.165) is 12.8 Å². The molecule has 1 atom stereocenters. The fourth-order valence-corrected chi connectivity index (χ4v) is 2.49. The fourth-order valence-electron chi connectivity index (χ4n) is 1.71. The molecule has 90 valence electrons. The molecule has 16 heavy (non-hydrogen) atoms. The summed E-state index contributed by atoms with van der Waals surface area (Å²) in [5.74, 6) is 0. The van der Waals surface area contributed by atoms with Crippen molar-refractivity contribution in [1.82, 2.24) is 0 Å². The van der Waals surface area contributed by atoms with Crippen LogP contribution in [0.3, 0.4) is 0 Å². The Morgan fingerprint density at radius 2 is 1.94 bits per heavy atom. The van der Waals surface area contributed by atoms with Gasteiger partial charge in [-0.25, -0.2) is 13.6 Å². The molecular weight excluding hydrogens is 224 g/mol. The molecule has 0 heterocycles. The number of benzene rings is 1. The van der Waals surface area contributed by atoms with Crippen molar-refractivity contribution in [3.63, 3.8) is 0 Å². The zero-order chi connectivity index (χ0) is 12.2. The maximum atomic E-state index is 11.3. The molecule has 0 saturated heterocycles. The highest BCUT2D eigenvalue weighted by molar-refractivity contribution is 7.89. The normalized spacial score (nSPS) is 13.7. The van der Waals surface area contributed by atoms with Crippen molar-refractivity contribution in [2.75, 3.05) is 0 Å². The van der Waals surface area contributed by atoms with Crippen molar-refractivity contribution in [3.05, 3.63) is 29.8 Å². The summed E-state index contributed by atoms with van der Waals surface area (Å²) in [6.45, 7) is 2.05. The van der Waals surface area contributed by atoms with Crippen molar-refractivity contribution < 1.29 is 8.42 Å². The molecular formula is C11H18N2O2S. The van der Waals surface area contributed by atoms with Crippen LogP contribution in [0.4, 0.5) is 0 Å². The van der Waals surface area contributed by atoms with Crippen LogP contribution >= 0.6 is 0 Å². The molecule has 0 saturated carbocycles. The second-order valence-corrected chi connectivity index (χ2v) is 5.44. The van der Waals surface area contributed by atoms with E-state index in [4.69, 9.17) is 10.9 Å². The number of hydrogen-bond donors (Lipinski definition) is 2. The van der Waals surface area contributed by atoms with Crippen LogP contribution in [0.2, 0.25) is 0 Å². The molecule has 0 amide bonds. The molecule has 0 aliphatic carbocycles. The smallest absolute Gasteiger partial charge is 0.238 e. The summed E-state index contributed by atoms with van der Waals surface area (Å²) in [4.78, 5) is 0.182. The molecule has 0 fully saturated rings. The second-order valence-electron chi connectivity index (χ2n) is 3.91. The zero-order valence-corrected chi connectivity index (χ0v) is 10.2. The molecule has 4 nitrogen and oxygen atoms in total. The van der Waals surface area contributed by atoms with Crippen LogP contribution in [0.15, 0.2) is 29.2 Å². The lowest BCUT2D eigenvalue weighted by atomic mass is 10.0. The minimum absolute atomic E-state index is 0.0205. The summed E-state index contributed by atoms with van der Waals surface area (Å²) in [6, 6.07) is 6.71. The molecule has 1 aromatic rings. The minimum Gasteiger partial charge on any atom is -0.327 e. The Balaban J connectivity index is 2.96. The Kier molecular flexibility index (Phi) is 4.46. The molecule has 1 unspecified atom stereocenters. The van der Waals surface area contributed by atoms with Gasteiger partial charge in [0.25, 0.3) is 0 Å². The number of nitrogens with two attached hydrogens (primary N) is 2. The van der Waals surface area contributed by atoms with E-state index in [1.807, 2.05) is 6.92 Å². The first-order chi connectivity index (χ1) is 7.45. The molecule has 0 aromatic heterocycles. The van der Waals surface area contributed by atoms with Gasteiger partial charge in [-0.2, -0.15) is 0 Å². The standard InChI is InChI=1S/C11H18N2O2S/c1-2-5-10(12)8-9-6-3-4-7-11(9)16(13,14)15/h3-4,6-7,10H,2,5,8,12H2,1H3,(H2,13,14,15). The SMILES string of the molecule is CCCC(N)Cc1ccccc1S(N)(=O)=O. The lowest BCUT2D eigenvalue weighted by molar-refractivity contribution is 0.584. The highest BCUT2D eigenvalue weighted by Crippen LogP contribution is 2.16. The molecule has 0 radical (unpaired) electrons. The van der Waals surface area contributed by atoms with E-state index in [2.05, 4.69) is 0 Å². The molecule has 4 N–H and O–H groups in total. The van der Waals surface area contributed by atoms with Gasteiger partial charge in [-0.3, -0.25) is 0 Å². The summed E-state index contributed by atoms with van der Waals surface area (Å²) in [5, 5.41) is 5.14. The van der Waals surface area contributed by atoms with Crippen molar-refractivity contribution >= 4 is 10.0 Å². The molecule has 0 aliphatic heterocycles. The van der Waals surface area contributed by atoms with Crippen LogP contribution in [-0.4, -0.2) is 14.5 Å². The fraction of sp³-hybridized carbons (Fsp3) is 0.455. The van der Waals surface area contributed by atoms with Crippen LogP contribution in [0.1, 0.15) is 25.3 Å². The third kappa shape index (κ3) is 3.59. The Morgan fingerprint density at radius 1 is 1.31 bits per heavy atom. The van der Waals surface area contributed by atoms with E-state index in [0.29, 0.717) is 12.0 Å². The number of sulfonamides is 1. The average Bonchev–Trinajstić information content (AvgIpc) is 2.17. The highest BCUT2D eigenvalue weighted by Gasteiger charge is 2.14. The van der Waals surface area contributed by atoms with Crippen LogP contribution < -0.4 is 10.9 Å². The Morgan fingerprint density at radius 3 is 2.50 bits per heavy atom. The first-order valence-electron chi connectivity index (χ1n) is 5.31. The van der Waals surface area contributed by atoms with Crippen LogP contribution in [0.25, 0.3) is 0 Å². The Labute approximate surface area is 96.7 Å². The maximum Gasteiger partial charge on any atom is 0.238 e. The van der Waals surface area contributed by atoms with Gasteiger partial charge in [0.1, 0.15) is 0 Å². The van der Waals surface area contributed by atoms with Crippen LogP contribution in [-0.2, 0) is 16.4 Å². The predicted molar refractivity (Wildman–Crippen MR) is 64.4 cm³/mol. The van der Waals surface area contributed by atoms with Crippen LogP contribution in [0, 0.1) is 0 Å². The van der Waals surface area contributed by atoms with Gasteiger partial charge in [-0.05, 0) is 24.5 Å². The largest absolute Gasteiger partial charge is 0.327 e. The van der Waals surface area contributed by atoms with Crippen molar-refractivity contribution in [1.29, 1.82) is 0 Å². The van der Waals surface area contributed by atoms with Crippen molar-refractivity contribution in [3.8, 4) is 0 Å². The van der Waals surface area contributed by atoms with Gasteiger partial charge in [0.15, 0.2) is 0 Å². The molecule has 5 heteroatoms. The minimum atomic E-state index is -3.65. The second kappa shape index (κ2) is 5.43. The summed E-state index contributed by atoms with van der Waals surface area (Å²) in [5.41, 5.74) is 6.59. The lowest BCUT2D eigenvalue weighted by Gasteiger charge is -2.12. The van der Waals surface area contributed by atoms with E-state index in [9.17, 15) is 8.42 Å². The van der Waals surface area contributed by atoms with Gasteiger partial charge in [0, 0.05) is 6.04 Å². The van der Waals surface area contributed by atoms with E-state index in [1.165, 1.54) is 6.07 Å². The molecule has 0 spiro atoms. The number of rotatable bonds is 5.